The minimum Gasteiger partial charge on any atom is -0.363 e. The van der Waals surface area contributed by atoms with Crippen LogP contribution in [0.2, 0.25) is 0 Å². The van der Waals surface area contributed by atoms with Gasteiger partial charge in [0.1, 0.15) is 5.82 Å². The number of rotatable bonds is 2. The van der Waals surface area contributed by atoms with E-state index in [1.54, 1.807) is 26.0 Å². The van der Waals surface area contributed by atoms with Gasteiger partial charge in [0.15, 0.2) is 0 Å². The summed E-state index contributed by atoms with van der Waals surface area (Å²) in [7, 11) is 0. The molecule has 0 spiro atoms. The molecule has 92 valence electrons. The van der Waals surface area contributed by atoms with Gasteiger partial charge in [0.05, 0.1) is 5.69 Å². The van der Waals surface area contributed by atoms with E-state index in [-0.39, 0.29) is 11.6 Å². The Hall–Kier alpha value is -2.30. The van der Waals surface area contributed by atoms with Crippen LogP contribution in [0, 0.1) is 19.7 Å². The lowest BCUT2D eigenvalue weighted by atomic mass is 10.1. The van der Waals surface area contributed by atoms with E-state index in [0.717, 1.165) is 5.56 Å². The average Bonchev–Trinajstić information content (AvgIpc) is 2.33. The lowest BCUT2D eigenvalue weighted by molar-refractivity contribution is 0.0990. The monoisotopic (exact) mass is 245 g/mol. The summed E-state index contributed by atoms with van der Waals surface area (Å²) >= 11 is 0. The van der Waals surface area contributed by atoms with Crippen molar-refractivity contribution in [3.05, 3.63) is 47.2 Å². The zero-order valence-corrected chi connectivity index (χ0v) is 10.1. The predicted octanol–water partition coefficient (Wildman–Crippen LogP) is 2.00. The topological polar surface area (TPSA) is 68.9 Å². The summed E-state index contributed by atoms with van der Waals surface area (Å²) in [4.78, 5) is 18.9. The second-order valence-corrected chi connectivity index (χ2v) is 4.05. The number of hydrogen-bond acceptors (Lipinski definition) is 3. The quantitative estimate of drug-likeness (QED) is 0.879. The minimum atomic E-state index is -0.705. The van der Waals surface area contributed by atoms with Crippen molar-refractivity contribution in [1.82, 2.24) is 9.97 Å². The van der Waals surface area contributed by atoms with Crippen LogP contribution in [0.4, 0.5) is 4.39 Å². The molecule has 0 radical (unpaired) electrons. The van der Waals surface area contributed by atoms with Crippen LogP contribution in [0.3, 0.4) is 0 Å². The highest BCUT2D eigenvalue weighted by atomic mass is 19.1. The molecule has 1 aromatic heterocycles. The molecular weight excluding hydrogens is 233 g/mol. The molecule has 0 bridgehead atoms. The van der Waals surface area contributed by atoms with Crippen molar-refractivity contribution in [1.29, 1.82) is 0 Å². The van der Waals surface area contributed by atoms with Gasteiger partial charge in [-0.15, -0.1) is 0 Å². The molecule has 1 amide bonds. The first kappa shape index (κ1) is 12.2. The highest BCUT2D eigenvalue weighted by Gasteiger charge is 2.11. The van der Waals surface area contributed by atoms with Gasteiger partial charge in [-0.05, 0) is 31.0 Å². The molecule has 2 N–H and O–H groups in total. The highest BCUT2D eigenvalue weighted by molar-refractivity contribution is 5.89. The van der Waals surface area contributed by atoms with Gasteiger partial charge >= 0.3 is 0 Å². The summed E-state index contributed by atoms with van der Waals surface area (Å²) < 4.78 is 13.5. The number of carbonyl (C=O) groups is 1. The summed E-state index contributed by atoms with van der Waals surface area (Å²) in [6.07, 6.45) is 1.50. The third-order valence-electron chi connectivity index (χ3n) is 2.64. The number of primary amides is 1. The number of nitrogens with zero attached hydrogens (tertiary/aromatic N) is 2. The maximum atomic E-state index is 13.5. The summed E-state index contributed by atoms with van der Waals surface area (Å²) in [5.41, 5.74) is 7.55. The number of halogens is 1. The van der Waals surface area contributed by atoms with E-state index in [1.165, 1.54) is 12.3 Å². The average molecular weight is 245 g/mol. The zero-order valence-electron chi connectivity index (χ0n) is 10.1. The largest absolute Gasteiger partial charge is 0.363 e. The lowest BCUT2D eigenvalue weighted by Gasteiger charge is -2.07. The molecule has 18 heavy (non-hydrogen) atoms. The van der Waals surface area contributed by atoms with Crippen LogP contribution in [0.15, 0.2) is 24.4 Å². The number of aryl methyl sites for hydroxylation is 2. The molecule has 0 saturated carbocycles. The Balaban J connectivity index is 2.58. The van der Waals surface area contributed by atoms with Gasteiger partial charge in [0.2, 0.25) is 5.82 Å². The molecule has 5 heteroatoms. The second kappa shape index (κ2) is 4.52. The SMILES string of the molecule is Cc1ccc(-c2nc(C(N)=O)ncc2C)cc1F. The van der Waals surface area contributed by atoms with Crippen LogP contribution >= 0.6 is 0 Å². The Kier molecular flexibility index (Phi) is 3.06. The predicted molar refractivity (Wildman–Crippen MR) is 65.4 cm³/mol. The van der Waals surface area contributed by atoms with Crippen molar-refractivity contribution in [2.45, 2.75) is 13.8 Å². The standard InChI is InChI=1S/C13H12FN3O/c1-7-3-4-9(5-10(7)14)11-8(2)6-16-13(17-11)12(15)18/h3-6H,1-2H3,(H2,15,18). The minimum absolute atomic E-state index is 0.0726. The third kappa shape index (κ3) is 2.20. The van der Waals surface area contributed by atoms with Gasteiger partial charge in [0, 0.05) is 11.8 Å². The van der Waals surface area contributed by atoms with Gasteiger partial charge in [-0.3, -0.25) is 4.79 Å². The maximum absolute atomic E-state index is 13.5. The van der Waals surface area contributed by atoms with Gasteiger partial charge in [-0.1, -0.05) is 12.1 Å². The number of carbonyl (C=O) groups excluding carboxylic acids is 1. The Morgan fingerprint density at radius 2 is 2.00 bits per heavy atom. The maximum Gasteiger partial charge on any atom is 0.286 e. The number of hydrogen-bond donors (Lipinski definition) is 1. The number of aromatic nitrogens is 2. The molecule has 0 aliphatic heterocycles. The second-order valence-electron chi connectivity index (χ2n) is 4.05. The van der Waals surface area contributed by atoms with Crippen LogP contribution in [0.1, 0.15) is 21.7 Å². The lowest BCUT2D eigenvalue weighted by Crippen LogP contribution is -2.15. The number of amides is 1. The van der Waals surface area contributed by atoms with E-state index < -0.39 is 5.91 Å². The van der Waals surface area contributed by atoms with E-state index in [4.69, 9.17) is 5.73 Å². The van der Waals surface area contributed by atoms with E-state index in [1.807, 2.05) is 0 Å². The van der Waals surface area contributed by atoms with E-state index in [9.17, 15) is 9.18 Å². The smallest absolute Gasteiger partial charge is 0.286 e. The van der Waals surface area contributed by atoms with Gasteiger partial charge in [0.25, 0.3) is 5.91 Å². The van der Waals surface area contributed by atoms with Crippen molar-refractivity contribution in [3.63, 3.8) is 0 Å². The third-order valence-corrected chi connectivity index (χ3v) is 2.64. The fourth-order valence-electron chi connectivity index (χ4n) is 1.59. The molecule has 2 aromatic rings. The van der Waals surface area contributed by atoms with Crippen LogP contribution in [0.5, 0.6) is 0 Å². The van der Waals surface area contributed by atoms with E-state index in [2.05, 4.69) is 9.97 Å². The Morgan fingerprint density at radius 3 is 2.61 bits per heavy atom. The first-order chi connectivity index (χ1) is 8.49. The van der Waals surface area contributed by atoms with Crippen LogP contribution in [0.25, 0.3) is 11.3 Å². The molecule has 0 unspecified atom stereocenters. The molecule has 0 aliphatic rings. The number of benzene rings is 1. The summed E-state index contributed by atoms with van der Waals surface area (Å²) in [5.74, 6) is -1.09. The summed E-state index contributed by atoms with van der Waals surface area (Å²) in [6, 6.07) is 4.80. The van der Waals surface area contributed by atoms with E-state index >= 15 is 0 Å². The van der Waals surface area contributed by atoms with Crippen LogP contribution in [-0.2, 0) is 0 Å². The zero-order chi connectivity index (χ0) is 13.3. The first-order valence-electron chi connectivity index (χ1n) is 5.39. The highest BCUT2D eigenvalue weighted by Crippen LogP contribution is 2.22. The molecule has 2 rings (SSSR count). The molecule has 0 fully saturated rings. The van der Waals surface area contributed by atoms with Crippen LogP contribution < -0.4 is 5.73 Å². The molecular formula is C13H12FN3O. The van der Waals surface area contributed by atoms with Crippen molar-refractivity contribution < 1.29 is 9.18 Å². The normalized spacial score (nSPS) is 10.4. The van der Waals surface area contributed by atoms with Crippen molar-refractivity contribution in [2.75, 3.05) is 0 Å². The van der Waals surface area contributed by atoms with Gasteiger partial charge in [-0.25, -0.2) is 14.4 Å². The Morgan fingerprint density at radius 1 is 1.28 bits per heavy atom. The molecule has 4 nitrogen and oxygen atoms in total. The van der Waals surface area contributed by atoms with Crippen molar-refractivity contribution in [3.8, 4) is 11.3 Å². The van der Waals surface area contributed by atoms with Crippen molar-refractivity contribution in [2.24, 2.45) is 5.73 Å². The van der Waals surface area contributed by atoms with Crippen LogP contribution in [-0.4, -0.2) is 15.9 Å². The fraction of sp³-hybridized carbons (Fsp3) is 0.154. The van der Waals surface area contributed by atoms with Gasteiger partial charge in [-0.2, -0.15) is 0 Å². The molecule has 0 aliphatic carbocycles. The molecule has 1 heterocycles. The molecule has 0 atom stereocenters. The number of nitrogens with two attached hydrogens (primary N) is 1. The Bertz CT molecular complexity index is 626. The van der Waals surface area contributed by atoms with Gasteiger partial charge < -0.3 is 5.73 Å². The molecule has 1 aromatic carbocycles. The first-order valence-corrected chi connectivity index (χ1v) is 5.39. The Labute approximate surface area is 104 Å². The fourth-order valence-corrected chi connectivity index (χ4v) is 1.59. The summed E-state index contributed by atoms with van der Waals surface area (Å²) in [5, 5.41) is 0. The summed E-state index contributed by atoms with van der Waals surface area (Å²) in [6.45, 7) is 3.47. The molecule has 0 saturated heterocycles. The van der Waals surface area contributed by atoms with Crippen molar-refractivity contribution >= 4 is 5.91 Å². The van der Waals surface area contributed by atoms with E-state index in [0.29, 0.717) is 16.8 Å².